The number of benzene rings is 4. The van der Waals surface area contributed by atoms with Gasteiger partial charge in [0.2, 0.25) is 0 Å². The molecule has 0 amide bonds. The third-order valence-electron chi connectivity index (χ3n) is 8.81. The molecular weight excluding hydrogens is 586 g/mol. The van der Waals surface area contributed by atoms with Crippen molar-refractivity contribution in [3.63, 3.8) is 0 Å². The van der Waals surface area contributed by atoms with Crippen molar-refractivity contribution in [2.75, 3.05) is 13.2 Å². The number of unbranched alkanes of at least 4 members (excludes halogenated alkanes) is 1. The van der Waals surface area contributed by atoms with Crippen LogP contribution in [0.1, 0.15) is 61.3 Å². The van der Waals surface area contributed by atoms with Gasteiger partial charge in [-0.25, -0.2) is 0 Å². The number of phenols is 2. The highest BCUT2D eigenvalue weighted by Crippen LogP contribution is 2.30. The zero-order valence-electron chi connectivity index (χ0n) is 27.2. The number of aromatic hydroxyl groups is 2. The van der Waals surface area contributed by atoms with E-state index in [9.17, 15) is 20.1 Å². The number of fused-ring (bicyclic) bond motifs is 1. The van der Waals surface area contributed by atoms with Gasteiger partial charge in [0, 0.05) is 18.4 Å². The number of aliphatic hydroxyl groups excluding tert-OH is 1. The predicted molar refractivity (Wildman–Crippen MR) is 187 cm³/mol. The first-order chi connectivity index (χ1) is 22.9. The van der Waals surface area contributed by atoms with Crippen LogP contribution < -0.4 is 15.3 Å². The Hall–Kier alpha value is -4.68. The van der Waals surface area contributed by atoms with Gasteiger partial charge in [-0.2, -0.15) is 0 Å². The van der Waals surface area contributed by atoms with Crippen LogP contribution in [0.5, 0.6) is 17.2 Å². The van der Waals surface area contributed by atoms with Crippen molar-refractivity contribution in [1.82, 2.24) is 0 Å². The molecule has 4 aromatic carbocycles. The molecule has 1 aliphatic heterocycles. The highest BCUT2D eigenvalue weighted by Gasteiger charge is 2.13. The first-order valence-electron chi connectivity index (χ1n) is 16.7. The fourth-order valence-electron chi connectivity index (χ4n) is 6.08. The molecule has 0 spiro atoms. The van der Waals surface area contributed by atoms with Crippen LogP contribution in [0, 0.1) is 5.92 Å². The molecule has 1 heterocycles. The Morgan fingerprint density at radius 2 is 1.77 bits per heavy atom. The minimum atomic E-state index is -0.114. The topological polar surface area (TPSA) is 99.4 Å². The molecule has 5 rings (SSSR count). The van der Waals surface area contributed by atoms with Crippen LogP contribution in [0.25, 0.3) is 17.2 Å². The van der Waals surface area contributed by atoms with E-state index >= 15 is 0 Å². The Labute approximate surface area is 277 Å². The summed E-state index contributed by atoms with van der Waals surface area (Å²) in [7, 11) is 0. The lowest BCUT2D eigenvalue weighted by molar-refractivity contribution is -0.114. The summed E-state index contributed by atoms with van der Waals surface area (Å²) in [4.78, 5) is 17.0. The molecule has 0 bridgehead atoms. The standard InChI is InChI=1S/C41H45NO5/c1-29(12-13-30-9-5-3-6-10-30)8-4-2-7-11-36(44)17-14-31-15-19-39(46)40(24-31)47-23-21-32-16-18-37(45)27-38(32)34-25-33-20-22-42-41(33)35(26-34)28-43/h3,5-7,9-11,15-16,18-20,24-27,29,43,45-46H,2,4,8,12-14,17,21-23,28H2,1H3. The molecule has 3 N–H and O–H groups in total. The number of allylic oxidation sites excluding steroid dienone is 2. The number of rotatable bonds is 17. The molecule has 0 fully saturated rings. The predicted octanol–water partition coefficient (Wildman–Crippen LogP) is 6.79. The van der Waals surface area contributed by atoms with E-state index in [1.807, 2.05) is 36.4 Å². The molecule has 1 unspecified atom stereocenters. The second-order valence-corrected chi connectivity index (χ2v) is 12.4. The highest BCUT2D eigenvalue weighted by atomic mass is 16.5. The van der Waals surface area contributed by atoms with E-state index in [-0.39, 0.29) is 23.9 Å². The van der Waals surface area contributed by atoms with Crippen LogP contribution in [-0.2, 0) is 30.7 Å². The molecule has 0 aromatic heterocycles. The molecular formula is C41H45NO5. The van der Waals surface area contributed by atoms with Crippen molar-refractivity contribution in [2.45, 2.75) is 64.9 Å². The quantitative estimate of drug-likeness (QED) is 0.0881. The number of aliphatic hydroxyl groups is 1. The van der Waals surface area contributed by atoms with Gasteiger partial charge in [0.15, 0.2) is 17.3 Å². The van der Waals surface area contributed by atoms with Crippen molar-refractivity contribution < 1.29 is 24.9 Å². The average Bonchev–Trinajstić information content (AvgIpc) is 3.57. The fourth-order valence-corrected chi connectivity index (χ4v) is 6.08. The summed E-state index contributed by atoms with van der Waals surface area (Å²) < 4.78 is 6.01. The van der Waals surface area contributed by atoms with Gasteiger partial charge < -0.3 is 20.1 Å². The maximum Gasteiger partial charge on any atom is 0.161 e. The summed E-state index contributed by atoms with van der Waals surface area (Å²) >= 11 is 0. The number of carbonyl (C=O) groups is 1. The molecule has 1 aliphatic rings. The van der Waals surface area contributed by atoms with Crippen LogP contribution >= 0.6 is 0 Å². The Balaban J connectivity index is 1.09. The SMILES string of the molecule is CC(CCCC=CC(=O)CCc1ccc(O)c(OCCc2ccc(O)cc2-c2cc(CO)c3c(c2)=CCN=3)c1)CCc1ccccc1. The summed E-state index contributed by atoms with van der Waals surface area (Å²) in [6, 6.07) is 25.0. The number of aryl methyl sites for hydroxylation is 2. The summed E-state index contributed by atoms with van der Waals surface area (Å²) in [6.45, 7) is 3.09. The van der Waals surface area contributed by atoms with Gasteiger partial charge in [-0.3, -0.25) is 9.79 Å². The number of carbonyl (C=O) groups excluding carboxylic acids is 1. The Morgan fingerprint density at radius 3 is 2.60 bits per heavy atom. The van der Waals surface area contributed by atoms with Gasteiger partial charge >= 0.3 is 0 Å². The van der Waals surface area contributed by atoms with Crippen LogP contribution in [0.3, 0.4) is 0 Å². The molecule has 0 radical (unpaired) electrons. The van der Waals surface area contributed by atoms with Crippen molar-refractivity contribution in [2.24, 2.45) is 10.9 Å². The third kappa shape index (κ3) is 9.66. The second kappa shape index (κ2) is 16.8. The van der Waals surface area contributed by atoms with Crippen molar-refractivity contribution in [1.29, 1.82) is 0 Å². The van der Waals surface area contributed by atoms with Gasteiger partial charge in [-0.05, 0) is 114 Å². The minimum Gasteiger partial charge on any atom is -0.508 e. The molecule has 6 heteroatoms. The molecule has 47 heavy (non-hydrogen) atoms. The van der Waals surface area contributed by atoms with Crippen LogP contribution in [0.15, 0.2) is 96.0 Å². The summed E-state index contributed by atoms with van der Waals surface area (Å²) in [6.07, 6.45) is 12.7. The molecule has 1 atom stereocenters. The van der Waals surface area contributed by atoms with E-state index in [2.05, 4.69) is 42.2 Å². The first-order valence-corrected chi connectivity index (χ1v) is 16.7. The zero-order chi connectivity index (χ0) is 33.0. The fraction of sp³-hybridized carbons (Fsp3) is 0.317. The van der Waals surface area contributed by atoms with Crippen molar-refractivity contribution >= 4 is 11.9 Å². The van der Waals surface area contributed by atoms with Gasteiger partial charge in [-0.15, -0.1) is 0 Å². The molecule has 0 saturated heterocycles. The van der Waals surface area contributed by atoms with Crippen LogP contribution in [0.4, 0.5) is 0 Å². The van der Waals surface area contributed by atoms with Crippen molar-refractivity contribution in [3.05, 3.63) is 124 Å². The maximum atomic E-state index is 12.5. The smallest absolute Gasteiger partial charge is 0.161 e. The Kier molecular flexibility index (Phi) is 12.0. The van der Waals surface area contributed by atoms with E-state index in [0.29, 0.717) is 44.1 Å². The lowest BCUT2D eigenvalue weighted by atomic mass is 9.95. The summed E-state index contributed by atoms with van der Waals surface area (Å²) in [5.41, 5.74) is 5.79. The van der Waals surface area contributed by atoms with Crippen molar-refractivity contribution in [3.8, 4) is 28.4 Å². The molecule has 0 saturated carbocycles. The average molecular weight is 632 g/mol. The number of nitrogens with zero attached hydrogens (tertiary/aromatic N) is 1. The number of hydrogen-bond acceptors (Lipinski definition) is 6. The highest BCUT2D eigenvalue weighted by molar-refractivity contribution is 5.89. The van der Waals surface area contributed by atoms with Gasteiger partial charge in [0.25, 0.3) is 0 Å². The van der Waals surface area contributed by atoms with E-state index in [4.69, 9.17) is 4.74 Å². The Bertz CT molecular complexity index is 1810. The van der Waals surface area contributed by atoms with Crippen LogP contribution in [-0.4, -0.2) is 34.3 Å². The van der Waals surface area contributed by atoms with Gasteiger partial charge in [0.1, 0.15) is 5.75 Å². The van der Waals surface area contributed by atoms with Crippen LogP contribution in [0.2, 0.25) is 0 Å². The first kappa shape index (κ1) is 33.7. The van der Waals surface area contributed by atoms with E-state index in [1.54, 1.807) is 30.3 Å². The number of ether oxygens (including phenoxy) is 1. The van der Waals surface area contributed by atoms with E-state index in [1.165, 1.54) is 12.0 Å². The van der Waals surface area contributed by atoms with Gasteiger partial charge in [-0.1, -0.05) is 68.0 Å². The van der Waals surface area contributed by atoms with Gasteiger partial charge in [0.05, 0.1) is 25.1 Å². The molecule has 6 nitrogen and oxygen atoms in total. The largest absolute Gasteiger partial charge is 0.508 e. The third-order valence-corrected chi connectivity index (χ3v) is 8.81. The second-order valence-electron chi connectivity index (χ2n) is 12.4. The lowest BCUT2D eigenvalue weighted by Crippen LogP contribution is -2.26. The maximum absolute atomic E-state index is 12.5. The molecule has 244 valence electrons. The minimum absolute atomic E-state index is 0.0504. The number of hydrogen-bond donors (Lipinski definition) is 3. The van der Waals surface area contributed by atoms with E-state index in [0.717, 1.165) is 64.1 Å². The summed E-state index contributed by atoms with van der Waals surface area (Å²) in [5.74, 6) is 1.34. The zero-order valence-corrected chi connectivity index (χ0v) is 27.2. The number of phenolic OH excluding ortho intramolecular Hbond substituents is 2. The molecule has 4 aromatic rings. The summed E-state index contributed by atoms with van der Waals surface area (Å²) in [5, 5.41) is 32.4. The molecule has 0 aliphatic carbocycles. The number of ketones is 1. The lowest BCUT2D eigenvalue weighted by Gasteiger charge is -2.14. The normalized spacial score (nSPS) is 12.8. The Morgan fingerprint density at radius 1 is 0.915 bits per heavy atom. The monoisotopic (exact) mass is 631 g/mol. The van der Waals surface area contributed by atoms with E-state index < -0.39 is 0 Å².